The number of rotatable bonds is 2. The molecule has 0 atom stereocenters. The molecule has 0 saturated carbocycles. The number of aromatic nitrogens is 1. The molecule has 0 bridgehead atoms. The summed E-state index contributed by atoms with van der Waals surface area (Å²) in [7, 11) is 0. The van der Waals surface area contributed by atoms with E-state index >= 15 is 0 Å². The molecule has 0 spiro atoms. The molecular weight excluding hydrogens is 308 g/mol. The first-order valence-electron chi connectivity index (χ1n) is 8.58. The van der Waals surface area contributed by atoms with Gasteiger partial charge in [0.1, 0.15) is 11.5 Å². The Kier molecular flexibility index (Phi) is 3.45. The molecule has 0 aliphatic carbocycles. The molecule has 5 rings (SSSR count). The minimum atomic E-state index is 0.285. The average Bonchev–Trinajstić information content (AvgIpc) is 3.27. The smallest absolute Gasteiger partial charge is 0.231 e. The quantitative estimate of drug-likeness (QED) is 0.845. The zero-order valence-electron chi connectivity index (χ0n) is 13.5. The average molecular weight is 328 g/mol. The molecule has 0 unspecified atom stereocenters. The maximum Gasteiger partial charge on any atom is 0.231 e. The van der Waals surface area contributed by atoms with Crippen molar-refractivity contribution in [3.63, 3.8) is 0 Å². The summed E-state index contributed by atoms with van der Waals surface area (Å²) in [5.41, 5.74) is 3.17. The second-order valence-electron chi connectivity index (χ2n) is 6.56. The second-order valence-corrected chi connectivity index (χ2v) is 6.56. The summed E-state index contributed by atoms with van der Waals surface area (Å²) < 4.78 is 22.0. The van der Waals surface area contributed by atoms with Gasteiger partial charge in [0.2, 0.25) is 6.79 Å². The van der Waals surface area contributed by atoms with E-state index in [1.54, 1.807) is 0 Å². The van der Waals surface area contributed by atoms with Crippen LogP contribution >= 0.6 is 0 Å². The molecule has 1 fully saturated rings. The third kappa shape index (κ3) is 2.37. The Hall–Kier alpha value is -2.05. The minimum absolute atomic E-state index is 0.285. The highest BCUT2D eigenvalue weighted by molar-refractivity contribution is 5.67. The third-order valence-electron chi connectivity index (χ3n) is 5.21. The molecule has 2 aromatic rings. The van der Waals surface area contributed by atoms with E-state index < -0.39 is 0 Å². The number of hydrogen-bond acceptors (Lipinski definition) is 6. The van der Waals surface area contributed by atoms with Gasteiger partial charge in [-0.25, -0.2) is 0 Å². The van der Waals surface area contributed by atoms with Crippen molar-refractivity contribution in [1.29, 1.82) is 0 Å². The van der Waals surface area contributed by atoms with Crippen LogP contribution < -0.4 is 9.47 Å². The number of nitrogens with zero attached hydrogens (tertiary/aromatic N) is 2. The monoisotopic (exact) mass is 328 g/mol. The molecule has 0 amide bonds. The van der Waals surface area contributed by atoms with Crippen LogP contribution in [0.4, 0.5) is 0 Å². The Balaban J connectivity index is 1.44. The highest BCUT2D eigenvalue weighted by Crippen LogP contribution is 2.38. The summed E-state index contributed by atoms with van der Waals surface area (Å²) in [5, 5.41) is 4.35. The van der Waals surface area contributed by atoms with Crippen LogP contribution in [0.1, 0.15) is 24.2 Å². The van der Waals surface area contributed by atoms with Crippen molar-refractivity contribution in [2.45, 2.75) is 31.8 Å². The topological polar surface area (TPSA) is 57.0 Å². The highest BCUT2D eigenvalue weighted by atomic mass is 16.7. The summed E-state index contributed by atoms with van der Waals surface area (Å²) in [6.07, 6.45) is 3.14. The van der Waals surface area contributed by atoms with Crippen LogP contribution in [0.25, 0.3) is 11.3 Å². The summed E-state index contributed by atoms with van der Waals surface area (Å²) in [6.45, 7) is 3.95. The van der Waals surface area contributed by atoms with E-state index in [0.29, 0.717) is 6.04 Å². The lowest BCUT2D eigenvalue weighted by Gasteiger charge is -2.36. The Morgan fingerprint density at radius 1 is 1.08 bits per heavy atom. The molecule has 24 heavy (non-hydrogen) atoms. The molecular formula is C18H20N2O4. The van der Waals surface area contributed by atoms with Crippen molar-refractivity contribution in [3.8, 4) is 22.8 Å². The summed E-state index contributed by atoms with van der Waals surface area (Å²) in [4.78, 5) is 2.55. The Morgan fingerprint density at radius 3 is 2.88 bits per heavy atom. The largest absolute Gasteiger partial charge is 0.454 e. The van der Waals surface area contributed by atoms with E-state index in [1.807, 2.05) is 18.2 Å². The Labute approximate surface area is 140 Å². The first-order valence-corrected chi connectivity index (χ1v) is 8.58. The fraction of sp³-hybridized carbons (Fsp3) is 0.500. The molecule has 6 heteroatoms. The molecule has 3 aliphatic heterocycles. The van der Waals surface area contributed by atoms with Gasteiger partial charge in [-0.2, -0.15) is 0 Å². The van der Waals surface area contributed by atoms with Crippen molar-refractivity contribution in [2.24, 2.45) is 0 Å². The lowest BCUT2D eigenvalue weighted by Crippen LogP contribution is -2.42. The minimum Gasteiger partial charge on any atom is -0.454 e. The van der Waals surface area contributed by atoms with E-state index in [2.05, 4.69) is 10.1 Å². The van der Waals surface area contributed by atoms with Crippen molar-refractivity contribution in [3.05, 3.63) is 29.5 Å². The standard InChI is InChI=1S/C18H20N2O4/c1-2-16-17(23-11-22-16)9-12(1)18-14-10-20(6-3-15(14)24-19-18)13-4-7-21-8-5-13/h1-2,9,13H,3-8,10-11H2. The maximum atomic E-state index is 5.62. The van der Waals surface area contributed by atoms with Crippen LogP contribution in [-0.2, 0) is 17.7 Å². The zero-order valence-corrected chi connectivity index (χ0v) is 13.5. The van der Waals surface area contributed by atoms with Gasteiger partial charge >= 0.3 is 0 Å². The summed E-state index contributed by atoms with van der Waals surface area (Å²) in [5.74, 6) is 2.59. The van der Waals surface area contributed by atoms with Crippen LogP contribution in [0.5, 0.6) is 11.5 Å². The summed E-state index contributed by atoms with van der Waals surface area (Å²) >= 11 is 0. The van der Waals surface area contributed by atoms with Gasteiger partial charge < -0.3 is 18.7 Å². The molecule has 6 nitrogen and oxygen atoms in total. The van der Waals surface area contributed by atoms with Crippen LogP contribution in [-0.4, -0.2) is 42.6 Å². The first kappa shape index (κ1) is 14.3. The second kappa shape index (κ2) is 5.79. The van der Waals surface area contributed by atoms with Gasteiger partial charge in [0.15, 0.2) is 11.5 Å². The molecule has 3 aliphatic rings. The fourth-order valence-electron chi connectivity index (χ4n) is 3.86. The maximum absolute atomic E-state index is 5.62. The van der Waals surface area contributed by atoms with Gasteiger partial charge in [-0.1, -0.05) is 5.16 Å². The van der Waals surface area contributed by atoms with Gasteiger partial charge in [0.25, 0.3) is 0 Å². The van der Waals surface area contributed by atoms with Crippen molar-refractivity contribution in [2.75, 3.05) is 26.6 Å². The van der Waals surface area contributed by atoms with Gasteiger partial charge in [0, 0.05) is 49.9 Å². The van der Waals surface area contributed by atoms with E-state index in [0.717, 1.165) is 74.1 Å². The van der Waals surface area contributed by atoms with Crippen LogP contribution in [0.3, 0.4) is 0 Å². The van der Waals surface area contributed by atoms with Crippen molar-refractivity contribution < 1.29 is 18.7 Å². The molecule has 126 valence electrons. The van der Waals surface area contributed by atoms with Crippen molar-refractivity contribution >= 4 is 0 Å². The van der Waals surface area contributed by atoms with E-state index in [9.17, 15) is 0 Å². The lowest BCUT2D eigenvalue weighted by molar-refractivity contribution is 0.0280. The summed E-state index contributed by atoms with van der Waals surface area (Å²) in [6, 6.07) is 6.57. The van der Waals surface area contributed by atoms with Gasteiger partial charge in [-0.05, 0) is 31.0 Å². The van der Waals surface area contributed by atoms with E-state index in [-0.39, 0.29) is 6.79 Å². The lowest BCUT2D eigenvalue weighted by atomic mass is 9.98. The fourth-order valence-corrected chi connectivity index (χ4v) is 3.86. The molecule has 1 saturated heterocycles. The van der Waals surface area contributed by atoms with Crippen molar-refractivity contribution in [1.82, 2.24) is 10.1 Å². The Bertz CT molecular complexity index is 751. The predicted octanol–water partition coefficient (Wildman–Crippen LogP) is 2.61. The molecule has 4 heterocycles. The number of ether oxygens (including phenoxy) is 3. The third-order valence-corrected chi connectivity index (χ3v) is 5.21. The molecule has 1 aromatic carbocycles. The van der Waals surface area contributed by atoms with Crippen LogP contribution in [0, 0.1) is 0 Å². The number of hydrogen-bond donors (Lipinski definition) is 0. The molecule has 1 aromatic heterocycles. The van der Waals surface area contributed by atoms with Gasteiger partial charge in [0.05, 0.1) is 0 Å². The van der Waals surface area contributed by atoms with Crippen LogP contribution in [0.15, 0.2) is 22.7 Å². The molecule has 0 N–H and O–H groups in total. The normalized spacial score (nSPS) is 21.0. The first-order chi connectivity index (χ1) is 11.9. The Morgan fingerprint density at radius 2 is 1.96 bits per heavy atom. The number of benzene rings is 1. The van der Waals surface area contributed by atoms with Gasteiger partial charge in [-0.15, -0.1) is 0 Å². The highest BCUT2D eigenvalue weighted by Gasteiger charge is 2.30. The van der Waals surface area contributed by atoms with E-state index in [4.69, 9.17) is 18.7 Å². The molecule has 0 radical (unpaired) electrons. The SMILES string of the molecule is c1cc2c(cc1-c1noc3c1CN(C1CCOCC1)CC3)OCO2. The van der Waals surface area contributed by atoms with E-state index in [1.165, 1.54) is 5.56 Å². The number of fused-ring (bicyclic) bond motifs is 2. The van der Waals surface area contributed by atoms with Gasteiger partial charge in [-0.3, -0.25) is 4.90 Å². The van der Waals surface area contributed by atoms with Crippen LogP contribution in [0.2, 0.25) is 0 Å². The zero-order chi connectivity index (χ0) is 15.9. The predicted molar refractivity (Wildman–Crippen MR) is 86.0 cm³/mol.